The first kappa shape index (κ1) is 23.7. The van der Waals surface area contributed by atoms with E-state index in [0.717, 1.165) is 19.3 Å². The molecule has 146 valence electrons. The van der Waals surface area contributed by atoms with E-state index in [2.05, 4.69) is 0 Å². The molecule has 0 heterocycles. The van der Waals surface area contributed by atoms with Gasteiger partial charge in [0.1, 0.15) is 0 Å². The van der Waals surface area contributed by atoms with Gasteiger partial charge in [-0.3, -0.25) is 0 Å². The Balaban J connectivity index is 4.36. The van der Waals surface area contributed by atoms with Crippen molar-refractivity contribution in [1.29, 1.82) is 0 Å². The van der Waals surface area contributed by atoms with Crippen LogP contribution in [0, 0.1) is 5.41 Å². The van der Waals surface area contributed by atoms with E-state index in [0.29, 0.717) is 59.1 Å². The molecule has 7 nitrogen and oxygen atoms in total. The molecule has 0 aliphatic rings. The summed E-state index contributed by atoms with van der Waals surface area (Å²) in [6.07, 6.45) is 3.82. The van der Waals surface area contributed by atoms with Gasteiger partial charge in [-0.25, -0.2) is 0 Å². The van der Waals surface area contributed by atoms with Crippen molar-refractivity contribution in [3.63, 3.8) is 0 Å². The third-order valence-corrected chi connectivity index (χ3v) is 3.52. The van der Waals surface area contributed by atoms with Crippen molar-refractivity contribution in [2.24, 2.45) is 5.41 Å². The second-order valence-electron chi connectivity index (χ2n) is 6.03. The van der Waals surface area contributed by atoms with Crippen LogP contribution in [0.5, 0.6) is 0 Å². The van der Waals surface area contributed by atoms with Crippen molar-refractivity contribution in [3.05, 3.63) is 0 Å². The van der Waals surface area contributed by atoms with Gasteiger partial charge in [-0.1, -0.05) is 0 Å². The molecule has 0 amide bonds. The van der Waals surface area contributed by atoms with E-state index >= 15 is 0 Å². The molecule has 0 saturated heterocycles. The summed E-state index contributed by atoms with van der Waals surface area (Å²) in [5.41, 5.74) is -0.406. The van der Waals surface area contributed by atoms with E-state index in [1.165, 1.54) is 0 Å². The normalized spacial score (nSPS) is 12.0. The number of unbranched alkanes of at least 4 members (excludes halogenated alkanes) is 2. The van der Waals surface area contributed by atoms with Crippen molar-refractivity contribution in [2.75, 3.05) is 73.2 Å². The summed E-state index contributed by atoms with van der Waals surface area (Å²) >= 11 is 0. The molecule has 3 N–H and O–H groups in total. The standard InChI is InChI=1S/C17H36O7/c1-21-13-17(15-23-11-5-8-19,16-24-12-6-9-20)14-22-10-4-2-3-7-18/h18-20H,2-16H2,1H3. The summed E-state index contributed by atoms with van der Waals surface area (Å²) in [4.78, 5) is 0. The fourth-order valence-corrected chi connectivity index (χ4v) is 2.25. The van der Waals surface area contributed by atoms with Crippen LogP contribution in [0.15, 0.2) is 0 Å². The van der Waals surface area contributed by atoms with Crippen LogP contribution in [0.2, 0.25) is 0 Å². The molecule has 0 aromatic heterocycles. The van der Waals surface area contributed by atoms with E-state index in [1.807, 2.05) is 0 Å². The molecular weight excluding hydrogens is 316 g/mol. The third kappa shape index (κ3) is 13.1. The summed E-state index contributed by atoms with van der Waals surface area (Å²) in [6, 6.07) is 0. The second-order valence-corrected chi connectivity index (χ2v) is 6.03. The van der Waals surface area contributed by atoms with Crippen LogP contribution in [0.1, 0.15) is 32.1 Å². The molecule has 0 rings (SSSR count). The van der Waals surface area contributed by atoms with Gasteiger partial charge < -0.3 is 34.3 Å². The molecule has 0 aromatic carbocycles. The Morgan fingerprint density at radius 3 is 1.46 bits per heavy atom. The molecule has 0 atom stereocenters. The predicted octanol–water partition coefficient (Wildman–Crippen LogP) is 0.596. The van der Waals surface area contributed by atoms with Gasteiger partial charge in [-0.2, -0.15) is 0 Å². The van der Waals surface area contributed by atoms with E-state index in [1.54, 1.807) is 7.11 Å². The van der Waals surface area contributed by atoms with Crippen molar-refractivity contribution < 1.29 is 34.3 Å². The first-order chi connectivity index (χ1) is 11.7. The molecule has 7 heteroatoms. The maximum atomic E-state index is 8.85. The quantitative estimate of drug-likeness (QED) is 0.293. The van der Waals surface area contributed by atoms with Gasteiger partial charge in [0.2, 0.25) is 0 Å². The Labute approximate surface area is 145 Å². The van der Waals surface area contributed by atoms with Crippen LogP contribution in [-0.4, -0.2) is 88.5 Å². The molecule has 0 aliphatic carbocycles. The van der Waals surface area contributed by atoms with Gasteiger partial charge in [-0.15, -0.1) is 0 Å². The minimum absolute atomic E-state index is 0.103. The van der Waals surface area contributed by atoms with Crippen LogP contribution in [0.25, 0.3) is 0 Å². The highest BCUT2D eigenvalue weighted by Crippen LogP contribution is 2.21. The fraction of sp³-hybridized carbons (Fsp3) is 1.00. The highest BCUT2D eigenvalue weighted by molar-refractivity contribution is 4.79. The predicted molar refractivity (Wildman–Crippen MR) is 91.1 cm³/mol. The highest BCUT2D eigenvalue weighted by Gasteiger charge is 2.32. The number of hydrogen-bond donors (Lipinski definition) is 3. The zero-order valence-electron chi connectivity index (χ0n) is 15.1. The SMILES string of the molecule is COCC(COCCCO)(COCCCO)COCCCCCO. The van der Waals surface area contributed by atoms with Gasteiger partial charge >= 0.3 is 0 Å². The Hall–Kier alpha value is -0.280. The highest BCUT2D eigenvalue weighted by atomic mass is 16.5. The number of hydrogen-bond acceptors (Lipinski definition) is 7. The lowest BCUT2D eigenvalue weighted by Crippen LogP contribution is -2.41. The maximum absolute atomic E-state index is 8.85. The Morgan fingerprint density at radius 2 is 1.04 bits per heavy atom. The van der Waals surface area contributed by atoms with Crippen LogP contribution < -0.4 is 0 Å². The Morgan fingerprint density at radius 1 is 0.583 bits per heavy atom. The zero-order chi connectivity index (χ0) is 17.9. The topological polar surface area (TPSA) is 97.6 Å². The van der Waals surface area contributed by atoms with Gasteiger partial charge in [-0.05, 0) is 32.1 Å². The van der Waals surface area contributed by atoms with Gasteiger partial charge in [0.05, 0.1) is 31.8 Å². The number of rotatable bonds is 19. The summed E-state index contributed by atoms with van der Waals surface area (Å²) in [7, 11) is 1.64. The number of methoxy groups -OCH3 is 1. The molecule has 0 fully saturated rings. The summed E-state index contributed by atoms with van der Waals surface area (Å²) in [5, 5.41) is 26.5. The number of aliphatic hydroxyl groups is 3. The van der Waals surface area contributed by atoms with Crippen LogP contribution in [0.3, 0.4) is 0 Å². The molecule has 24 heavy (non-hydrogen) atoms. The van der Waals surface area contributed by atoms with Crippen LogP contribution in [0.4, 0.5) is 0 Å². The third-order valence-electron chi connectivity index (χ3n) is 3.52. The lowest BCUT2D eigenvalue weighted by atomic mass is 9.92. The molecular formula is C17H36O7. The molecule has 0 radical (unpaired) electrons. The summed E-state index contributed by atoms with van der Waals surface area (Å²) in [6.45, 7) is 3.76. The van der Waals surface area contributed by atoms with Crippen molar-refractivity contribution >= 4 is 0 Å². The Kier molecular flexibility index (Phi) is 17.3. The minimum Gasteiger partial charge on any atom is -0.396 e. The average Bonchev–Trinajstić information content (AvgIpc) is 2.59. The summed E-state index contributed by atoms with van der Waals surface area (Å²) in [5.74, 6) is 0. The lowest BCUT2D eigenvalue weighted by Gasteiger charge is -2.32. The number of ether oxygens (including phenoxy) is 4. The van der Waals surface area contributed by atoms with Crippen molar-refractivity contribution in [3.8, 4) is 0 Å². The maximum Gasteiger partial charge on any atom is 0.0637 e. The van der Waals surface area contributed by atoms with Gasteiger partial charge in [0.25, 0.3) is 0 Å². The zero-order valence-corrected chi connectivity index (χ0v) is 15.1. The molecule has 0 saturated carbocycles. The second kappa shape index (κ2) is 17.5. The van der Waals surface area contributed by atoms with E-state index in [-0.39, 0.29) is 19.8 Å². The Bertz CT molecular complexity index is 239. The van der Waals surface area contributed by atoms with Crippen LogP contribution in [-0.2, 0) is 18.9 Å². The van der Waals surface area contributed by atoms with Crippen LogP contribution >= 0.6 is 0 Å². The van der Waals surface area contributed by atoms with Crippen molar-refractivity contribution in [2.45, 2.75) is 32.1 Å². The van der Waals surface area contributed by atoms with Gasteiger partial charge in [0.15, 0.2) is 0 Å². The first-order valence-electron chi connectivity index (χ1n) is 8.79. The first-order valence-corrected chi connectivity index (χ1v) is 8.79. The summed E-state index contributed by atoms with van der Waals surface area (Å²) < 4.78 is 22.5. The van der Waals surface area contributed by atoms with E-state index in [4.69, 9.17) is 34.3 Å². The van der Waals surface area contributed by atoms with Crippen molar-refractivity contribution in [1.82, 2.24) is 0 Å². The molecule has 0 spiro atoms. The molecule has 0 unspecified atom stereocenters. The fourth-order valence-electron chi connectivity index (χ4n) is 2.25. The largest absolute Gasteiger partial charge is 0.396 e. The number of aliphatic hydroxyl groups excluding tert-OH is 3. The van der Waals surface area contributed by atoms with Gasteiger partial charge in [0, 0.05) is 46.8 Å². The smallest absolute Gasteiger partial charge is 0.0637 e. The van der Waals surface area contributed by atoms with E-state index in [9.17, 15) is 0 Å². The molecule has 0 aromatic rings. The molecule has 0 aliphatic heterocycles. The monoisotopic (exact) mass is 352 g/mol. The lowest BCUT2D eigenvalue weighted by molar-refractivity contribution is -0.102. The average molecular weight is 352 g/mol. The van der Waals surface area contributed by atoms with E-state index < -0.39 is 5.41 Å². The minimum atomic E-state index is -0.406. The molecule has 0 bridgehead atoms.